The molecule has 1 saturated heterocycles. The van der Waals surface area contributed by atoms with Crippen LogP contribution >= 0.6 is 22.6 Å². The Kier molecular flexibility index (Phi) is 4.63. The van der Waals surface area contributed by atoms with Crippen molar-refractivity contribution in [2.45, 2.75) is 38.9 Å². The van der Waals surface area contributed by atoms with Crippen LogP contribution < -0.4 is 5.01 Å². The van der Waals surface area contributed by atoms with Crippen molar-refractivity contribution in [2.75, 3.05) is 22.5 Å². The number of esters is 1. The summed E-state index contributed by atoms with van der Waals surface area (Å²) in [7, 11) is 0. The number of hydrogen-bond donors (Lipinski definition) is 0. The lowest BCUT2D eigenvalue weighted by Gasteiger charge is -2.28. The summed E-state index contributed by atoms with van der Waals surface area (Å²) in [5.41, 5.74) is 1.95. The third-order valence-electron chi connectivity index (χ3n) is 3.91. The quantitative estimate of drug-likeness (QED) is 0.407. The Labute approximate surface area is 155 Å². The number of nitrogens with zero attached hydrogens (tertiary/aromatic N) is 2. The van der Waals surface area contributed by atoms with Crippen LogP contribution in [0.5, 0.6) is 0 Å². The molecule has 2 aliphatic rings. The topological polar surface area (TPSA) is 59.1 Å². The number of fused-ring (bicyclic) bond motifs is 1. The van der Waals surface area contributed by atoms with E-state index < -0.39 is 5.60 Å². The summed E-state index contributed by atoms with van der Waals surface area (Å²) in [4.78, 5) is 24.4. The summed E-state index contributed by atoms with van der Waals surface area (Å²) in [5, 5.41) is 3.55. The van der Waals surface area contributed by atoms with E-state index in [1.807, 2.05) is 31.8 Å². The van der Waals surface area contributed by atoms with E-state index in [1.54, 1.807) is 17.1 Å². The Morgan fingerprint density at radius 2 is 2.12 bits per heavy atom. The van der Waals surface area contributed by atoms with Crippen LogP contribution in [0.2, 0.25) is 0 Å². The Morgan fingerprint density at radius 1 is 1.38 bits per heavy atom. The Hall–Kier alpha value is -1.51. The molecule has 0 bridgehead atoms. The third kappa shape index (κ3) is 3.45. The fraction of sp³-hybridized carbons (Fsp3) is 0.529. The zero-order chi connectivity index (χ0) is 17.5. The minimum atomic E-state index is -0.540. The van der Waals surface area contributed by atoms with E-state index in [1.165, 1.54) is 0 Å². The molecular formula is C17H21IN2O4. The third-order valence-corrected chi connectivity index (χ3v) is 4.89. The standard InChI is InChI=1S/C17H21IN2O4/c1-17(2,3)24-15(21)12-5-4-11-6-7-19(14(11)8-12)20-10-13(9-18)23-16(20)22/h4-5,8,13H,6-7,9-10H2,1-3H3. The molecule has 1 atom stereocenters. The van der Waals surface area contributed by atoms with Gasteiger partial charge in [0, 0.05) is 11.0 Å². The fourth-order valence-corrected chi connectivity index (χ4v) is 3.32. The van der Waals surface area contributed by atoms with Gasteiger partial charge in [-0.3, -0.25) is 5.01 Å². The smallest absolute Gasteiger partial charge is 0.429 e. The van der Waals surface area contributed by atoms with Crippen molar-refractivity contribution in [2.24, 2.45) is 0 Å². The number of carbonyl (C=O) groups excluding carboxylic acids is 2. The Bertz CT molecular complexity index is 671. The zero-order valence-electron chi connectivity index (χ0n) is 14.0. The fourth-order valence-electron chi connectivity index (χ4n) is 2.86. The number of carbonyl (C=O) groups is 2. The molecule has 0 spiro atoms. The van der Waals surface area contributed by atoms with Gasteiger partial charge in [0.05, 0.1) is 17.8 Å². The summed E-state index contributed by atoms with van der Waals surface area (Å²) in [6, 6.07) is 5.53. The highest BCUT2D eigenvalue weighted by Crippen LogP contribution is 2.33. The number of alkyl halides is 1. The first-order chi connectivity index (χ1) is 11.3. The van der Waals surface area contributed by atoms with E-state index in [0.717, 1.165) is 22.1 Å². The summed E-state index contributed by atoms with van der Waals surface area (Å²) < 4.78 is 11.5. The van der Waals surface area contributed by atoms with Crippen molar-refractivity contribution in [1.82, 2.24) is 5.01 Å². The van der Waals surface area contributed by atoms with Gasteiger partial charge < -0.3 is 9.47 Å². The monoisotopic (exact) mass is 444 g/mol. The predicted octanol–water partition coefficient (Wildman–Crippen LogP) is 3.18. The number of amides is 1. The normalized spacial score (nSPS) is 20.2. The van der Waals surface area contributed by atoms with Gasteiger partial charge in [-0.1, -0.05) is 28.7 Å². The highest BCUT2D eigenvalue weighted by Gasteiger charge is 2.37. The van der Waals surface area contributed by atoms with Crippen LogP contribution in [0.3, 0.4) is 0 Å². The molecule has 130 valence electrons. The summed E-state index contributed by atoms with van der Waals surface area (Å²) in [5.74, 6) is -0.355. The molecule has 1 fully saturated rings. The van der Waals surface area contributed by atoms with Gasteiger partial charge in [0.25, 0.3) is 0 Å². The molecule has 0 aliphatic carbocycles. The molecule has 1 amide bonds. The summed E-state index contributed by atoms with van der Waals surface area (Å²) >= 11 is 2.22. The lowest BCUT2D eigenvalue weighted by atomic mass is 10.1. The van der Waals surface area contributed by atoms with Gasteiger partial charge in [-0.15, -0.1) is 0 Å². The minimum absolute atomic E-state index is 0.0869. The molecule has 1 unspecified atom stereocenters. The van der Waals surface area contributed by atoms with Crippen molar-refractivity contribution in [3.63, 3.8) is 0 Å². The lowest BCUT2D eigenvalue weighted by Crippen LogP contribution is -2.43. The first kappa shape index (κ1) is 17.3. The minimum Gasteiger partial charge on any atom is -0.456 e. The SMILES string of the molecule is CC(C)(C)OC(=O)c1ccc2c(c1)N(N1CC(CI)OC1=O)CC2. The van der Waals surface area contributed by atoms with Crippen LogP contribution in [-0.2, 0) is 15.9 Å². The van der Waals surface area contributed by atoms with Crippen molar-refractivity contribution in [3.8, 4) is 0 Å². The van der Waals surface area contributed by atoms with E-state index in [-0.39, 0.29) is 18.2 Å². The molecule has 2 aliphatic heterocycles. The largest absolute Gasteiger partial charge is 0.456 e. The van der Waals surface area contributed by atoms with Crippen molar-refractivity contribution < 1.29 is 19.1 Å². The van der Waals surface area contributed by atoms with Gasteiger partial charge in [0.15, 0.2) is 0 Å². The zero-order valence-corrected chi connectivity index (χ0v) is 16.2. The molecule has 1 aromatic carbocycles. The van der Waals surface area contributed by atoms with Gasteiger partial charge in [0.1, 0.15) is 11.7 Å². The highest BCUT2D eigenvalue weighted by atomic mass is 127. The van der Waals surface area contributed by atoms with Crippen LogP contribution in [0.25, 0.3) is 0 Å². The van der Waals surface area contributed by atoms with E-state index in [9.17, 15) is 9.59 Å². The van der Waals surface area contributed by atoms with Gasteiger partial charge >= 0.3 is 12.1 Å². The average molecular weight is 444 g/mol. The number of ether oxygens (including phenoxy) is 2. The van der Waals surface area contributed by atoms with Crippen LogP contribution in [0.1, 0.15) is 36.7 Å². The Balaban J connectivity index is 1.84. The Morgan fingerprint density at radius 3 is 2.75 bits per heavy atom. The maximum atomic E-state index is 12.3. The highest BCUT2D eigenvalue weighted by molar-refractivity contribution is 14.1. The molecular weight excluding hydrogens is 423 g/mol. The molecule has 24 heavy (non-hydrogen) atoms. The lowest BCUT2D eigenvalue weighted by molar-refractivity contribution is 0.00695. The van der Waals surface area contributed by atoms with Crippen molar-refractivity contribution in [3.05, 3.63) is 29.3 Å². The number of hydrazine groups is 1. The second kappa shape index (κ2) is 6.42. The molecule has 0 aromatic heterocycles. The molecule has 0 radical (unpaired) electrons. The van der Waals surface area contributed by atoms with E-state index in [0.29, 0.717) is 18.7 Å². The average Bonchev–Trinajstić information content (AvgIpc) is 3.07. The number of cyclic esters (lactones) is 1. The predicted molar refractivity (Wildman–Crippen MR) is 98.5 cm³/mol. The van der Waals surface area contributed by atoms with E-state index in [4.69, 9.17) is 9.47 Å². The van der Waals surface area contributed by atoms with Gasteiger partial charge in [0.2, 0.25) is 0 Å². The number of hydrogen-bond acceptors (Lipinski definition) is 5. The molecule has 1 aromatic rings. The maximum absolute atomic E-state index is 12.3. The van der Waals surface area contributed by atoms with Gasteiger partial charge in [-0.25, -0.2) is 14.6 Å². The van der Waals surface area contributed by atoms with E-state index >= 15 is 0 Å². The van der Waals surface area contributed by atoms with E-state index in [2.05, 4.69) is 22.6 Å². The second-order valence-electron chi connectivity index (χ2n) is 6.96. The number of anilines is 1. The van der Waals surface area contributed by atoms with Crippen molar-refractivity contribution >= 4 is 40.3 Å². The van der Waals surface area contributed by atoms with Crippen LogP contribution in [-0.4, -0.2) is 46.3 Å². The first-order valence-corrected chi connectivity index (χ1v) is 9.49. The second-order valence-corrected chi connectivity index (χ2v) is 7.84. The number of rotatable bonds is 3. The molecule has 6 nitrogen and oxygen atoms in total. The van der Waals surface area contributed by atoms with Gasteiger partial charge in [-0.05, 0) is 44.9 Å². The number of benzene rings is 1. The molecule has 2 heterocycles. The summed E-state index contributed by atoms with van der Waals surface area (Å²) in [6.07, 6.45) is 0.422. The molecule has 3 rings (SSSR count). The molecule has 0 saturated carbocycles. The first-order valence-electron chi connectivity index (χ1n) is 7.96. The van der Waals surface area contributed by atoms with Crippen LogP contribution in [0.4, 0.5) is 10.5 Å². The number of halogens is 1. The van der Waals surface area contributed by atoms with Crippen LogP contribution in [0, 0.1) is 0 Å². The maximum Gasteiger partial charge on any atom is 0.429 e. The van der Waals surface area contributed by atoms with Crippen molar-refractivity contribution in [1.29, 1.82) is 0 Å². The van der Waals surface area contributed by atoms with Crippen LogP contribution in [0.15, 0.2) is 18.2 Å². The molecule has 0 N–H and O–H groups in total. The van der Waals surface area contributed by atoms with Gasteiger partial charge in [-0.2, -0.15) is 0 Å². The molecule has 7 heteroatoms. The summed E-state index contributed by atoms with van der Waals surface area (Å²) in [6.45, 7) is 6.77.